The van der Waals surface area contributed by atoms with Crippen LogP contribution in [-0.2, 0) is 18.3 Å². The van der Waals surface area contributed by atoms with Crippen LogP contribution in [0.4, 0.5) is 4.39 Å². The van der Waals surface area contributed by atoms with Crippen LogP contribution >= 0.6 is 0 Å². The summed E-state index contributed by atoms with van der Waals surface area (Å²) in [6.45, 7) is 0. The molecule has 1 aliphatic carbocycles. The van der Waals surface area contributed by atoms with Gasteiger partial charge in [0.05, 0.1) is 5.69 Å². The molecule has 1 aromatic heterocycles. The van der Waals surface area contributed by atoms with Gasteiger partial charge in [0, 0.05) is 18.3 Å². The molecule has 0 bridgehead atoms. The molecule has 2 aromatic rings. The third-order valence-electron chi connectivity index (χ3n) is 3.88. The number of carboxylic acid groups (broad SMARTS) is 1. The van der Waals surface area contributed by atoms with Crippen LogP contribution in [0.5, 0.6) is 0 Å². The van der Waals surface area contributed by atoms with Crippen molar-refractivity contribution < 1.29 is 14.3 Å². The van der Waals surface area contributed by atoms with Crippen molar-refractivity contribution in [3.8, 4) is 11.4 Å². The van der Waals surface area contributed by atoms with Gasteiger partial charge in [-0.15, -0.1) is 0 Å². The van der Waals surface area contributed by atoms with Crippen molar-refractivity contribution in [3.63, 3.8) is 0 Å². The number of hydrogen-bond donors (Lipinski definition) is 1. The van der Waals surface area contributed by atoms with E-state index in [2.05, 4.69) is 4.98 Å². The molecule has 20 heavy (non-hydrogen) atoms. The third-order valence-corrected chi connectivity index (χ3v) is 3.88. The van der Waals surface area contributed by atoms with Crippen molar-refractivity contribution in [2.45, 2.75) is 25.2 Å². The fourth-order valence-corrected chi connectivity index (χ4v) is 2.84. The van der Waals surface area contributed by atoms with E-state index in [1.807, 2.05) is 11.6 Å². The minimum Gasteiger partial charge on any atom is -0.481 e. The van der Waals surface area contributed by atoms with E-state index in [0.717, 1.165) is 24.1 Å². The molecule has 1 atom stereocenters. The molecule has 1 aliphatic rings. The second kappa shape index (κ2) is 4.74. The Bertz CT molecular complexity index is 661. The summed E-state index contributed by atoms with van der Waals surface area (Å²) in [7, 11) is 1.88. The maximum Gasteiger partial charge on any atom is 0.312 e. The highest BCUT2D eigenvalue weighted by molar-refractivity contribution is 5.76. The highest BCUT2D eigenvalue weighted by atomic mass is 19.1. The van der Waals surface area contributed by atoms with E-state index in [1.165, 1.54) is 12.1 Å². The summed E-state index contributed by atoms with van der Waals surface area (Å²) >= 11 is 0. The van der Waals surface area contributed by atoms with Crippen LogP contribution in [-0.4, -0.2) is 20.6 Å². The van der Waals surface area contributed by atoms with Crippen LogP contribution in [0.1, 0.15) is 30.1 Å². The van der Waals surface area contributed by atoms with Gasteiger partial charge in [0.25, 0.3) is 0 Å². The van der Waals surface area contributed by atoms with Crippen molar-refractivity contribution in [2.24, 2.45) is 7.05 Å². The first-order chi connectivity index (χ1) is 9.58. The first-order valence-corrected chi connectivity index (χ1v) is 6.62. The van der Waals surface area contributed by atoms with Crippen molar-refractivity contribution in [2.75, 3.05) is 0 Å². The average Bonchev–Trinajstić information content (AvgIpc) is 2.77. The molecule has 0 fully saturated rings. The van der Waals surface area contributed by atoms with E-state index in [9.17, 15) is 14.3 Å². The zero-order chi connectivity index (χ0) is 14.3. The first kappa shape index (κ1) is 12.8. The number of imidazole rings is 1. The normalized spacial score (nSPS) is 17.8. The fourth-order valence-electron chi connectivity index (χ4n) is 2.84. The number of benzene rings is 1. The van der Waals surface area contributed by atoms with Gasteiger partial charge in [0.15, 0.2) is 0 Å². The van der Waals surface area contributed by atoms with Crippen LogP contribution in [0, 0.1) is 5.82 Å². The number of carbonyl (C=O) groups is 1. The molecule has 0 aliphatic heterocycles. The summed E-state index contributed by atoms with van der Waals surface area (Å²) in [5.41, 5.74) is 2.43. The molecule has 5 heteroatoms. The number of aliphatic carboxylic acids is 1. The van der Waals surface area contributed by atoms with E-state index in [4.69, 9.17) is 0 Å². The molecule has 0 saturated carbocycles. The van der Waals surface area contributed by atoms with E-state index in [-0.39, 0.29) is 5.82 Å². The van der Waals surface area contributed by atoms with Crippen LogP contribution < -0.4 is 0 Å². The molecular weight excluding hydrogens is 259 g/mol. The predicted molar refractivity (Wildman–Crippen MR) is 71.9 cm³/mol. The molecule has 1 heterocycles. The zero-order valence-corrected chi connectivity index (χ0v) is 11.1. The van der Waals surface area contributed by atoms with E-state index in [0.29, 0.717) is 17.9 Å². The minimum absolute atomic E-state index is 0.295. The van der Waals surface area contributed by atoms with Crippen molar-refractivity contribution in [1.82, 2.24) is 9.55 Å². The Kier molecular flexibility index (Phi) is 3.04. The number of fused-ring (bicyclic) bond motifs is 1. The summed E-state index contributed by atoms with van der Waals surface area (Å²) in [6, 6.07) is 6.10. The topological polar surface area (TPSA) is 55.1 Å². The molecule has 4 nitrogen and oxygen atoms in total. The Morgan fingerprint density at radius 1 is 1.40 bits per heavy atom. The quantitative estimate of drug-likeness (QED) is 0.916. The summed E-state index contributed by atoms with van der Waals surface area (Å²) in [5.74, 6) is -0.951. The molecule has 3 rings (SSSR count). The Hall–Kier alpha value is -2.17. The summed E-state index contributed by atoms with van der Waals surface area (Å²) in [6.07, 6.45) is 2.32. The highest BCUT2D eigenvalue weighted by Crippen LogP contribution is 2.34. The molecule has 0 amide bonds. The van der Waals surface area contributed by atoms with Gasteiger partial charge in [-0.1, -0.05) is 0 Å². The molecule has 1 N–H and O–H groups in total. The van der Waals surface area contributed by atoms with Gasteiger partial charge in [-0.2, -0.15) is 0 Å². The molecule has 0 radical (unpaired) electrons. The largest absolute Gasteiger partial charge is 0.481 e. The Labute approximate surface area is 115 Å². The molecule has 104 valence electrons. The molecule has 1 aromatic carbocycles. The lowest BCUT2D eigenvalue weighted by Crippen LogP contribution is -2.18. The van der Waals surface area contributed by atoms with Gasteiger partial charge in [-0.05, 0) is 43.5 Å². The predicted octanol–water partition coefficient (Wildman–Crippen LogP) is 2.73. The smallest absolute Gasteiger partial charge is 0.312 e. The average molecular weight is 274 g/mol. The van der Waals surface area contributed by atoms with Crippen LogP contribution in [0.2, 0.25) is 0 Å². The van der Waals surface area contributed by atoms with Crippen LogP contribution in [0.25, 0.3) is 11.4 Å². The highest BCUT2D eigenvalue weighted by Gasteiger charge is 2.31. The van der Waals surface area contributed by atoms with E-state index >= 15 is 0 Å². The van der Waals surface area contributed by atoms with Gasteiger partial charge >= 0.3 is 5.97 Å². The Balaban J connectivity index is 2.10. The Morgan fingerprint density at radius 2 is 2.10 bits per heavy atom. The second-order valence-corrected chi connectivity index (χ2v) is 5.12. The minimum atomic E-state index is -0.824. The van der Waals surface area contributed by atoms with Crippen molar-refractivity contribution in [1.29, 1.82) is 0 Å². The lowest BCUT2D eigenvalue weighted by molar-refractivity contribution is -0.139. The maximum atomic E-state index is 13.0. The standard InChI is InChI=1S/C15H15FN2O2/c1-18-12-4-2-3-11(15(19)20)13(12)17-14(18)9-5-7-10(16)8-6-9/h5-8,11H,2-4H2,1H3,(H,19,20). The first-order valence-electron chi connectivity index (χ1n) is 6.62. The number of halogens is 1. The monoisotopic (exact) mass is 274 g/mol. The summed E-state index contributed by atoms with van der Waals surface area (Å²) < 4.78 is 14.9. The number of aromatic nitrogens is 2. The van der Waals surface area contributed by atoms with Gasteiger partial charge < -0.3 is 9.67 Å². The number of carboxylic acids is 1. The lowest BCUT2D eigenvalue weighted by Gasteiger charge is -2.18. The van der Waals surface area contributed by atoms with Gasteiger partial charge in [-0.25, -0.2) is 9.37 Å². The maximum absolute atomic E-state index is 13.0. The molecule has 0 spiro atoms. The van der Waals surface area contributed by atoms with E-state index in [1.54, 1.807) is 12.1 Å². The number of hydrogen-bond acceptors (Lipinski definition) is 2. The van der Waals surface area contributed by atoms with Crippen molar-refractivity contribution in [3.05, 3.63) is 41.5 Å². The van der Waals surface area contributed by atoms with Gasteiger partial charge in [0.1, 0.15) is 17.6 Å². The summed E-state index contributed by atoms with van der Waals surface area (Å²) in [4.78, 5) is 15.8. The lowest BCUT2D eigenvalue weighted by atomic mass is 9.90. The van der Waals surface area contributed by atoms with E-state index < -0.39 is 11.9 Å². The molecule has 0 saturated heterocycles. The Morgan fingerprint density at radius 3 is 2.75 bits per heavy atom. The summed E-state index contributed by atoms with van der Waals surface area (Å²) in [5, 5.41) is 9.29. The molecular formula is C15H15FN2O2. The third kappa shape index (κ3) is 1.99. The second-order valence-electron chi connectivity index (χ2n) is 5.12. The van der Waals surface area contributed by atoms with Crippen molar-refractivity contribution >= 4 is 5.97 Å². The SMILES string of the molecule is Cn1c(-c2ccc(F)cc2)nc2c1CCCC2C(=O)O. The van der Waals surface area contributed by atoms with Gasteiger partial charge in [0.2, 0.25) is 0 Å². The number of nitrogens with zero attached hydrogens (tertiary/aromatic N) is 2. The molecule has 1 unspecified atom stereocenters. The number of rotatable bonds is 2. The zero-order valence-electron chi connectivity index (χ0n) is 11.1. The van der Waals surface area contributed by atoms with Gasteiger partial charge in [-0.3, -0.25) is 4.79 Å². The van der Waals surface area contributed by atoms with Crippen LogP contribution in [0.15, 0.2) is 24.3 Å². The fraction of sp³-hybridized carbons (Fsp3) is 0.333. The van der Waals surface area contributed by atoms with Crippen LogP contribution in [0.3, 0.4) is 0 Å².